The fourth-order valence-electron chi connectivity index (χ4n) is 5.01. The zero-order valence-corrected chi connectivity index (χ0v) is 22.3. The Labute approximate surface area is 224 Å². The van der Waals surface area contributed by atoms with Crippen molar-refractivity contribution in [2.45, 2.75) is 19.3 Å². The molecule has 2 aromatic rings. The van der Waals surface area contributed by atoms with Crippen LogP contribution in [0, 0.1) is 5.92 Å². The van der Waals surface area contributed by atoms with Crippen LogP contribution in [0.1, 0.15) is 19.3 Å². The second-order valence-corrected chi connectivity index (χ2v) is 10.2. The summed E-state index contributed by atoms with van der Waals surface area (Å²) in [7, 11) is 1.65. The van der Waals surface area contributed by atoms with E-state index in [2.05, 4.69) is 20.0 Å². The van der Waals surface area contributed by atoms with E-state index in [0.717, 1.165) is 81.5 Å². The first-order valence-corrected chi connectivity index (χ1v) is 13.7. The van der Waals surface area contributed by atoms with Crippen LogP contribution >= 0.6 is 0 Å². The molecule has 3 heterocycles. The minimum Gasteiger partial charge on any atom is -0.497 e. The topological polar surface area (TPSA) is 91.3 Å². The van der Waals surface area contributed by atoms with Gasteiger partial charge in [0.15, 0.2) is 5.82 Å². The molecule has 3 aliphatic rings. The van der Waals surface area contributed by atoms with Crippen LogP contribution in [-0.4, -0.2) is 116 Å². The molecule has 1 saturated carbocycles. The van der Waals surface area contributed by atoms with Gasteiger partial charge in [0.2, 0.25) is 11.8 Å². The number of anilines is 1. The van der Waals surface area contributed by atoms with Crippen LogP contribution in [0.5, 0.6) is 5.75 Å². The molecule has 0 spiro atoms. The average Bonchev–Trinajstić information content (AvgIpc) is 3.83. The third-order valence-corrected chi connectivity index (χ3v) is 7.56. The van der Waals surface area contributed by atoms with Crippen LogP contribution < -0.4 is 9.64 Å². The van der Waals surface area contributed by atoms with Gasteiger partial charge in [-0.15, -0.1) is 10.2 Å². The van der Waals surface area contributed by atoms with Gasteiger partial charge in [0.05, 0.1) is 32.6 Å². The molecule has 0 atom stereocenters. The molecule has 0 bridgehead atoms. The monoisotopic (exact) mass is 522 g/mol. The number of aromatic nitrogens is 2. The Morgan fingerprint density at radius 3 is 2.45 bits per heavy atom. The SMILES string of the molecule is COc1ccc(-c2ccc(N3CCCN(C(=O)CN(CCN4CCOCC4)C(=O)C4CC4)CC3)nn2)cc1. The smallest absolute Gasteiger partial charge is 0.242 e. The van der Waals surface area contributed by atoms with Gasteiger partial charge in [-0.3, -0.25) is 14.5 Å². The molecule has 1 aromatic heterocycles. The van der Waals surface area contributed by atoms with E-state index < -0.39 is 0 Å². The Balaban J connectivity index is 1.15. The van der Waals surface area contributed by atoms with Crippen LogP contribution in [0.2, 0.25) is 0 Å². The van der Waals surface area contributed by atoms with Crippen molar-refractivity contribution in [2.75, 3.05) is 84.1 Å². The number of benzene rings is 1. The first-order chi connectivity index (χ1) is 18.6. The summed E-state index contributed by atoms with van der Waals surface area (Å²) >= 11 is 0. The number of carbonyl (C=O) groups excluding carboxylic acids is 2. The van der Waals surface area contributed by atoms with Crippen molar-refractivity contribution in [3.8, 4) is 17.0 Å². The molecule has 0 unspecified atom stereocenters. The number of ether oxygens (including phenoxy) is 2. The maximum atomic E-state index is 13.3. The highest BCUT2D eigenvalue weighted by atomic mass is 16.5. The summed E-state index contributed by atoms with van der Waals surface area (Å²) in [6, 6.07) is 11.7. The zero-order chi connectivity index (χ0) is 26.3. The van der Waals surface area contributed by atoms with Crippen molar-refractivity contribution >= 4 is 17.6 Å². The standard InChI is InChI=1S/C28H38N6O4/c1-37-24-7-5-22(6-8-24)25-9-10-26(30-29-25)32-11-2-12-33(16-15-32)27(35)21-34(28(36)23-3-4-23)14-13-31-17-19-38-20-18-31/h5-10,23H,2-4,11-21H2,1H3. The van der Waals surface area contributed by atoms with Crippen LogP contribution in [0.15, 0.2) is 36.4 Å². The van der Waals surface area contributed by atoms with Gasteiger partial charge in [0.1, 0.15) is 5.75 Å². The number of rotatable bonds is 9. The Hall–Kier alpha value is -3.24. The van der Waals surface area contributed by atoms with Crippen LogP contribution in [-0.2, 0) is 14.3 Å². The molecule has 204 valence electrons. The molecule has 3 fully saturated rings. The van der Waals surface area contributed by atoms with Gasteiger partial charge in [-0.1, -0.05) is 0 Å². The highest BCUT2D eigenvalue weighted by Gasteiger charge is 2.35. The van der Waals surface area contributed by atoms with E-state index in [0.29, 0.717) is 26.2 Å². The predicted molar refractivity (Wildman–Crippen MR) is 144 cm³/mol. The number of hydrogen-bond acceptors (Lipinski definition) is 8. The maximum absolute atomic E-state index is 13.3. The predicted octanol–water partition coefficient (Wildman–Crippen LogP) is 1.76. The molecule has 5 rings (SSSR count). The molecule has 1 aliphatic carbocycles. The third-order valence-electron chi connectivity index (χ3n) is 7.56. The molecule has 2 aliphatic heterocycles. The van der Waals surface area contributed by atoms with Crippen molar-refractivity contribution in [3.63, 3.8) is 0 Å². The summed E-state index contributed by atoms with van der Waals surface area (Å²) in [5, 5.41) is 8.91. The van der Waals surface area contributed by atoms with E-state index >= 15 is 0 Å². The second-order valence-electron chi connectivity index (χ2n) is 10.2. The maximum Gasteiger partial charge on any atom is 0.242 e. The van der Waals surface area contributed by atoms with E-state index in [1.807, 2.05) is 41.3 Å². The largest absolute Gasteiger partial charge is 0.497 e. The van der Waals surface area contributed by atoms with Crippen molar-refractivity contribution in [2.24, 2.45) is 5.92 Å². The summed E-state index contributed by atoms with van der Waals surface area (Å²) in [5.41, 5.74) is 1.79. The summed E-state index contributed by atoms with van der Waals surface area (Å²) in [6.07, 6.45) is 2.73. The van der Waals surface area contributed by atoms with E-state index in [-0.39, 0.29) is 24.3 Å². The summed E-state index contributed by atoms with van der Waals surface area (Å²) in [5.74, 6) is 1.89. The third kappa shape index (κ3) is 6.79. The first kappa shape index (κ1) is 26.4. The summed E-state index contributed by atoms with van der Waals surface area (Å²) < 4.78 is 10.7. The quantitative estimate of drug-likeness (QED) is 0.492. The van der Waals surface area contributed by atoms with Crippen LogP contribution in [0.4, 0.5) is 5.82 Å². The number of nitrogens with zero attached hydrogens (tertiary/aromatic N) is 6. The Kier molecular flexibility index (Phi) is 8.70. The van der Waals surface area contributed by atoms with Gasteiger partial charge in [0, 0.05) is 63.8 Å². The number of methoxy groups -OCH3 is 1. The number of hydrogen-bond donors (Lipinski definition) is 0. The molecular weight excluding hydrogens is 484 g/mol. The molecule has 10 heteroatoms. The first-order valence-electron chi connectivity index (χ1n) is 13.7. The van der Waals surface area contributed by atoms with Crippen molar-refractivity contribution < 1.29 is 19.1 Å². The summed E-state index contributed by atoms with van der Waals surface area (Å²) in [4.78, 5) is 34.4. The Bertz CT molecular complexity index is 1070. The number of carbonyl (C=O) groups is 2. The molecule has 2 saturated heterocycles. The Morgan fingerprint density at radius 1 is 0.974 bits per heavy atom. The normalized spacial score (nSPS) is 18.7. The highest BCUT2D eigenvalue weighted by molar-refractivity contribution is 5.87. The Morgan fingerprint density at radius 2 is 1.76 bits per heavy atom. The fraction of sp³-hybridized carbons (Fsp3) is 0.571. The van der Waals surface area contributed by atoms with Crippen molar-refractivity contribution in [1.29, 1.82) is 0 Å². The van der Waals surface area contributed by atoms with Crippen LogP contribution in [0.3, 0.4) is 0 Å². The molecule has 0 N–H and O–H groups in total. The zero-order valence-electron chi connectivity index (χ0n) is 22.3. The van der Waals surface area contributed by atoms with Crippen LogP contribution in [0.25, 0.3) is 11.3 Å². The van der Waals surface area contributed by atoms with E-state index in [1.165, 1.54) is 0 Å². The van der Waals surface area contributed by atoms with Gasteiger partial charge in [-0.25, -0.2) is 0 Å². The minimum absolute atomic E-state index is 0.0313. The fourth-order valence-corrected chi connectivity index (χ4v) is 5.01. The van der Waals surface area contributed by atoms with E-state index in [4.69, 9.17) is 9.47 Å². The van der Waals surface area contributed by atoms with E-state index in [1.54, 1.807) is 12.0 Å². The highest BCUT2D eigenvalue weighted by Crippen LogP contribution is 2.31. The van der Waals surface area contributed by atoms with Gasteiger partial charge in [-0.2, -0.15) is 0 Å². The number of morpholine rings is 1. The van der Waals surface area contributed by atoms with E-state index in [9.17, 15) is 9.59 Å². The van der Waals surface area contributed by atoms with Gasteiger partial charge < -0.3 is 24.2 Å². The average molecular weight is 523 g/mol. The minimum atomic E-state index is 0.0313. The molecule has 2 amide bonds. The molecule has 0 radical (unpaired) electrons. The van der Waals surface area contributed by atoms with Gasteiger partial charge in [-0.05, 0) is 55.7 Å². The van der Waals surface area contributed by atoms with Gasteiger partial charge >= 0.3 is 0 Å². The lowest BCUT2D eigenvalue weighted by atomic mass is 10.1. The molecule has 10 nitrogen and oxygen atoms in total. The van der Waals surface area contributed by atoms with Gasteiger partial charge in [0.25, 0.3) is 0 Å². The second kappa shape index (κ2) is 12.5. The van der Waals surface area contributed by atoms with Crippen molar-refractivity contribution in [1.82, 2.24) is 24.9 Å². The lowest BCUT2D eigenvalue weighted by Crippen LogP contribution is -2.48. The number of amides is 2. The van der Waals surface area contributed by atoms with Crippen molar-refractivity contribution in [3.05, 3.63) is 36.4 Å². The summed E-state index contributed by atoms with van der Waals surface area (Å²) in [6.45, 7) is 7.55. The lowest BCUT2D eigenvalue weighted by Gasteiger charge is -2.31. The molecule has 1 aromatic carbocycles. The lowest BCUT2D eigenvalue weighted by molar-refractivity contribution is -0.141. The molecule has 38 heavy (non-hydrogen) atoms. The molecular formula is C28H38N6O4.